The van der Waals surface area contributed by atoms with Crippen LogP contribution in [0.15, 0.2) is 0 Å². The smallest absolute Gasteiger partial charge is 0.222 e. The Morgan fingerprint density at radius 2 is 2.12 bits per heavy atom. The normalized spacial score (nSPS) is 23.8. The molecule has 3 rings (SSSR count). The number of likely N-dealkylation sites (tertiary alicyclic amines) is 1. The summed E-state index contributed by atoms with van der Waals surface area (Å²) in [7, 11) is -1.39. The van der Waals surface area contributed by atoms with Crippen molar-refractivity contribution < 1.29 is 17.9 Å². The molecule has 1 atom stereocenters. The molecule has 2 saturated heterocycles. The molecule has 0 radical (unpaired) electrons. The maximum atomic E-state index is 12.3. The highest BCUT2D eigenvalue weighted by Crippen LogP contribution is 2.25. The lowest BCUT2D eigenvalue weighted by molar-refractivity contribution is -0.131. The number of sulfone groups is 1. The molecule has 2 fully saturated rings. The van der Waals surface area contributed by atoms with Crippen LogP contribution in [-0.4, -0.2) is 65.8 Å². The highest BCUT2D eigenvalue weighted by Gasteiger charge is 2.32. The first-order valence-corrected chi connectivity index (χ1v) is 10.7. The number of hydrogen-bond acceptors (Lipinski definition) is 6. The van der Waals surface area contributed by atoms with Crippen molar-refractivity contribution in [1.29, 1.82) is 0 Å². The van der Waals surface area contributed by atoms with Crippen molar-refractivity contribution >= 4 is 15.7 Å². The van der Waals surface area contributed by atoms with Crippen molar-refractivity contribution in [3.63, 3.8) is 0 Å². The van der Waals surface area contributed by atoms with Crippen LogP contribution in [0.2, 0.25) is 0 Å². The lowest BCUT2D eigenvalue weighted by Crippen LogP contribution is -2.31. The molecule has 0 N–H and O–H groups in total. The number of aromatic nitrogens is 3. The van der Waals surface area contributed by atoms with Gasteiger partial charge in [-0.15, -0.1) is 0 Å². The highest BCUT2D eigenvalue weighted by molar-refractivity contribution is 7.91. The topological polar surface area (TPSA) is 94.4 Å². The molecule has 2 aliphatic rings. The molecular formula is C16H26N4O4S. The Kier molecular flexibility index (Phi) is 5.73. The maximum absolute atomic E-state index is 12.3. The summed E-state index contributed by atoms with van der Waals surface area (Å²) in [6.45, 7) is 1.63. The standard InChI is InChI=1S/C16H26N4O4S/c1-24-9-6-14-17-15(11-19-8-4-2-3-5-16(19)21)20(18-14)13-7-10-25(22,23)12-13/h13H,2-12H2,1H3. The number of carbonyl (C=O) groups is 1. The van der Waals surface area contributed by atoms with Gasteiger partial charge in [-0.25, -0.2) is 18.1 Å². The molecule has 1 aromatic rings. The van der Waals surface area contributed by atoms with E-state index in [9.17, 15) is 13.2 Å². The van der Waals surface area contributed by atoms with Gasteiger partial charge in [-0.3, -0.25) is 4.79 Å². The molecule has 140 valence electrons. The molecule has 0 bridgehead atoms. The minimum atomic E-state index is -3.01. The van der Waals surface area contributed by atoms with Gasteiger partial charge in [0.15, 0.2) is 15.7 Å². The minimum absolute atomic E-state index is 0.0982. The fourth-order valence-corrected chi connectivity index (χ4v) is 5.14. The average molecular weight is 370 g/mol. The van der Waals surface area contributed by atoms with Crippen molar-refractivity contribution in [1.82, 2.24) is 19.7 Å². The monoisotopic (exact) mass is 370 g/mol. The van der Waals surface area contributed by atoms with E-state index in [1.54, 1.807) is 11.8 Å². The van der Waals surface area contributed by atoms with E-state index in [0.29, 0.717) is 44.1 Å². The van der Waals surface area contributed by atoms with Crippen molar-refractivity contribution in [3.05, 3.63) is 11.6 Å². The Morgan fingerprint density at radius 3 is 2.84 bits per heavy atom. The van der Waals surface area contributed by atoms with Crippen molar-refractivity contribution in [2.24, 2.45) is 0 Å². The summed E-state index contributed by atoms with van der Waals surface area (Å²) in [4.78, 5) is 18.7. The Balaban J connectivity index is 1.82. The van der Waals surface area contributed by atoms with Crippen molar-refractivity contribution in [2.75, 3.05) is 31.8 Å². The predicted octanol–water partition coefficient (Wildman–Crippen LogP) is 0.729. The lowest BCUT2D eigenvalue weighted by atomic mass is 10.2. The van der Waals surface area contributed by atoms with Crippen LogP contribution in [-0.2, 0) is 32.3 Å². The molecule has 25 heavy (non-hydrogen) atoms. The first-order chi connectivity index (χ1) is 12.0. The van der Waals surface area contributed by atoms with Gasteiger partial charge in [0.2, 0.25) is 5.91 Å². The number of hydrogen-bond donors (Lipinski definition) is 0. The van der Waals surface area contributed by atoms with Gasteiger partial charge in [-0.1, -0.05) is 6.42 Å². The second kappa shape index (κ2) is 7.82. The molecule has 0 saturated carbocycles. The summed E-state index contributed by atoms with van der Waals surface area (Å²) >= 11 is 0. The summed E-state index contributed by atoms with van der Waals surface area (Å²) in [6.07, 6.45) is 4.69. The molecule has 0 aromatic carbocycles. The molecule has 0 aliphatic carbocycles. The van der Waals surface area contributed by atoms with Gasteiger partial charge in [-0.05, 0) is 19.3 Å². The van der Waals surface area contributed by atoms with Crippen LogP contribution >= 0.6 is 0 Å². The molecule has 1 amide bonds. The van der Waals surface area contributed by atoms with E-state index in [2.05, 4.69) is 10.1 Å². The predicted molar refractivity (Wildman–Crippen MR) is 91.8 cm³/mol. The van der Waals surface area contributed by atoms with Crippen LogP contribution in [0.1, 0.15) is 49.8 Å². The average Bonchev–Trinajstić information content (AvgIpc) is 3.07. The third kappa shape index (κ3) is 4.58. The quantitative estimate of drug-likeness (QED) is 0.733. The summed E-state index contributed by atoms with van der Waals surface area (Å²) in [5.41, 5.74) is 0. The number of ether oxygens (including phenoxy) is 1. The molecule has 1 aromatic heterocycles. The largest absolute Gasteiger partial charge is 0.384 e. The first kappa shape index (κ1) is 18.3. The maximum Gasteiger partial charge on any atom is 0.222 e. The van der Waals surface area contributed by atoms with Crippen LogP contribution in [0.3, 0.4) is 0 Å². The zero-order chi connectivity index (χ0) is 17.9. The zero-order valence-corrected chi connectivity index (χ0v) is 15.5. The van der Waals surface area contributed by atoms with E-state index in [1.807, 2.05) is 4.90 Å². The van der Waals surface area contributed by atoms with Gasteiger partial charge in [0, 0.05) is 26.5 Å². The lowest BCUT2D eigenvalue weighted by Gasteiger charge is -2.21. The fraction of sp³-hybridized carbons (Fsp3) is 0.812. The Hall–Kier alpha value is -1.48. The van der Waals surface area contributed by atoms with Gasteiger partial charge >= 0.3 is 0 Å². The van der Waals surface area contributed by atoms with Gasteiger partial charge in [0.25, 0.3) is 0 Å². The molecule has 8 nitrogen and oxygen atoms in total. The van der Waals surface area contributed by atoms with Crippen LogP contribution in [0, 0.1) is 0 Å². The van der Waals surface area contributed by atoms with Gasteiger partial charge in [0.05, 0.1) is 30.7 Å². The molecule has 2 aliphatic heterocycles. The first-order valence-electron chi connectivity index (χ1n) is 8.90. The Bertz CT molecular complexity index is 716. The fourth-order valence-electron chi connectivity index (χ4n) is 3.45. The molecule has 0 spiro atoms. The summed E-state index contributed by atoms with van der Waals surface area (Å²) in [5.74, 6) is 1.75. The van der Waals surface area contributed by atoms with Crippen molar-refractivity contribution in [2.45, 2.75) is 51.1 Å². The number of carbonyl (C=O) groups excluding carboxylic acids is 1. The zero-order valence-electron chi connectivity index (χ0n) is 14.7. The summed E-state index contributed by atoms with van der Waals surface area (Å²) < 4.78 is 30.5. The summed E-state index contributed by atoms with van der Waals surface area (Å²) in [5, 5.41) is 4.53. The highest BCUT2D eigenvalue weighted by atomic mass is 32.2. The second-order valence-electron chi connectivity index (χ2n) is 6.81. The SMILES string of the molecule is COCCc1nc(CN2CCCCCC2=O)n(C2CCS(=O)(=O)C2)n1. The van der Waals surface area contributed by atoms with Crippen LogP contribution in [0.4, 0.5) is 0 Å². The van der Waals surface area contributed by atoms with E-state index < -0.39 is 9.84 Å². The van der Waals surface area contributed by atoms with Crippen molar-refractivity contribution in [3.8, 4) is 0 Å². The molecule has 1 unspecified atom stereocenters. The minimum Gasteiger partial charge on any atom is -0.384 e. The Morgan fingerprint density at radius 1 is 1.28 bits per heavy atom. The third-order valence-corrected chi connectivity index (χ3v) is 6.58. The van der Waals surface area contributed by atoms with Crippen LogP contribution in [0.25, 0.3) is 0 Å². The second-order valence-corrected chi connectivity index (χ2v) is 9.04. The van der Waals surface area contributed by atoms with Crippen LogP contribution in [0.5, 0.6) is 0 Å². The number of methoxy groups -OCH3 is 1. The number of amides is 1. The van der Waals surface area contributed by atoms with Gasteiger partial charge < -0.3 is 9.64 Å². The van der Waals surface area contributed by atoms with Gasteiger partial charge in [-0.2, -0.15) is 5.10 Å². The molecule has 9 heteroatoms. The number of nitrogens with zero attached hydrogens (tertiary/aromatic N) is 4. The van der Waals surface area contributed by atoms with E-state index >= 15 is 0 Å². The van der Waals surface area contributed by atoms with Crippen LogP contribution < -0.4 is 0 Å². The van der Waals surface area contributed by atoms with E-state index in [1.165, 1.54) is 0 Å². The van der Waals surface area contributed by atoms with E-state index in [-0.39, 0.29) is 23.5 Å². The van der Waals surface area contributed by atoms with E-state index in [0.717, 1.165) is 25.8 Å². The molecular weight excluding hydrogens is 344 g/mol. The Labute approximate surface area is 148 Å². The van der Waals surface area contributed by atoms with Gasteiger partial charge in [0.1, 0.15) is 5.82 Å². The van der Waals surface area contributed by atoms with E-state index in [4.69, 9.17) is 4.74 Å². The summed E-state index contributed by atoms with van der Waals surface area (Å²) in [6, 6.07) is -0.189. The third-order valence-electron chi connectivity index (χ3n) is 4.83. The molecule has 3 heterocycles. The number of rotatable bonds is 6.